The van der Waals surface area contributed by atoms with E-state index in [9.17, 15) is 4.79 Å². The zero-order valence-electron chi connectivity index (χ0n) is 11.1. The minimum absolute atomic E-state index is 0.281. The smallest absolute Gasteiger partial charge is 0.163 e. The van der Waals surface area contributed by atoms with Crippen LogP contribution >= 0.6 is 0 Å². The van der Waals surface area contributed by atoms with Crippen molar-refractivity contribution >= 4 is 5.78 Å². The summed E-state index contributed by atoms with van der Waals surface area (Å²) in [6, 6.07) is 7.86. The Bertz CT molecular complexity index is 397. The van der Waals surface area contributed by atoms with Gasteiger partial charge < -0.3 is 10.2 Å². The zero-order chi connectivity index (χ0) is 12.8. The van der Waals surface area contributed by atoms with Crippen LogP contribution < -0.4 is 5.32 Å². The van der Waals surface area contributed by atoms with Crippen molar-refractivity contribution in [3.05, 3.63) is 35.4 Å². The van der Waals surface area contributed by atoms with Crippen molar-refractivity contribution in [2.45, 2.75) is 19.8 Å². The third-order valence-electron chi connectivity index (χ3n) is 3.53. The first-order valence-electron chi connectivity index (χ1n) is 6.79. The molecule has 0 radical (unpaired) electrons. The van der Waals surface area contributed by atoms with Crippen LogP contribution in [0.5, 0.6) is 0 Å². The van der Waals surface area contributed by atoms with Gasteiger partial charge in [0, 0.05) is 38.2 Å². The Labute approximate surface area is 109 Å². The lowest BCUT2D eigenvalue weighted by Gasteiger charge is -2.26. The van der Waals surface area contributed by atoms with Gasteiger partial charge in [-0.1, -0.05) is 24.3 Å². The van der Waals surface area contributed by atoms with Crippen molar-refractivity contribution in [2.75, 3.05) is 32.7 Å². The van der Waals surface area contributed by atoms with E-state index in [1.807, 2.05) is 31.2 Å². The largest absolute Gasteiger partial charge is 0.314 e. The summed E-state index contributed by atoms with van der Waals surface area (Å²) in [7, 11) is 0. The molecule has 0 atom stereocenters. The van der Waals surface area contributed by atoms with E-state index in [1.54, 1.807) is 0 Å². The van der Waals surface area contributed by atoms with Gasteiger partial charge in [-0.05, 0) is 25.5 Å². The number of nitrogens with one attached hydrogen (secondary N) is 1. The highest BCUT2D eigenvalue weighted by molar-refractivity contribution is 5.97. The van der Waals surface area contributed by atoms with Gasteiger partial charge in [-0.15, -0.1) is 0 Å². The summed E-state index contributed by atoms with van der Waals surface area (Å²) >= 11 is 0. The van der Waals surface area contributed by atoms with E-state index in [-0.39, 0.29) is 5.78 Å². The van der Waals surface area contributed by atoms with Crippen LogP contribution in [0.2, 0.25) is 0 Å². The molecule has 3 nitrogen and oxygen atoms in total. The molecule has 0 unspecified atom stereocenters. The van der Waals surface area contributed by atoms with Gasteiger partial charge in [-0.3, -0.25) is 4.79 Å². The highest BCUT2D eigenvalue weighted by atomic mass is 16.1. The predicted octanol–water partition coefficient (Wildman–Crippen LogP) is 1.86. The molecule has 98 valence electrons. The third-order valence-corrected chi connectivity index (χ3v) is 3.53. The topological polar surface area (TPSA) is 32.3 Å². The highest BCUT2D eigenvalue weighted by Gasteiger charge is 2.11. The molecule has 0 spiro atoms. The molecule has 1 aromatic rings. The Hall–Kier alpha value is -1.19. The van der Waals surface area contributed by atoms with Crippen molar-refractivity contribution in [3.63, 3.8) is 0 Å². The number of rotatable bonds is 5. The molecule has 1 aliphatic rings. The molecule has 18 heavy (non-hydrogen) atoms. The molecule has 0 aromatic heterocycles. The Morgan fingerprint density at radius 1 is 1.28 bits per heavy atom. The molecule has 0 aliphatic carbocycles. The number of benzene rings is 1. The third kappa shape index (κ3) is 3.65. The SMILES string of the molecule is Cc1ccccc1C(=O)CCCN1CCNCC1. The molecule has 0 amide bonds. The van der Waals surface area contributed by atoms with E-state index < -0.39 is 0 Å². The number of carbonyl (C=O) groups excluding carboxylic acids is 1. The number of ketones is 1. The minimum Gasteiger partial charge on any atom is -0.314 e. The summed E-state index contributed by atoms with van der Waals surface area (Å²) in [6.07, 6.45) is 1.63. The molecular formula is C15H22N2O. The number of Topliss-reactive ketones (excluding diaryl/α,β-unsaturated/α-hetero) is 1. The van der Waals surface area contributed by atoms with E-state index in [2.05, 4.69) is 10.2 Å². The molecule has 1 aromatic carbocycles. The number of carbonyl (C=O) groups is 1. The van der Waals surface area contributed by atoms with E-state index in [0.717, 1.165) is 50.3 Å². The van der Waals surface area contributed by atoms with Crippen molar-refractivity contribution in [2.24, 2.45) is 0 Å². The van der Waals surface area contributed by atoms with Crippen molar-refractivity contribution < 1.29 is 4.79 Å². The lowest BCUT2D eigenvalue weighted by atomic mass is 10.0. The van der Waals surface area contributed by atoms with Crippen LogP contribution in [0.15, 0.2) is 24.3 Å². The van der Waals surface area contributed by atoms with Crippen molar-refractivity contribution in [1.82, 2.24) is 10.2 Å². The lowest BCUT2D eigenvalue weighted by Crippen LogP contribution is -2.43. The molecule has 1 fully saturated rings. The first-order valence-corrected chi connectivity index (χ1v) is 6.79. The summed E-state index contributed by atoms with van der Waals surface area (Å²) in [5.41, 5.74) is 1.97. The fourth-order valence-corrected chi connectivity index (χ4v) is 2.42. The van der Waals surface area contributed by atoms with Crippen LogP contribution in [0.1, 0.15) is 28.8 Å². The molecule has 0 bridgehead atoms. The molecule has 1 N–H and O–H groups in total. The van der Waals surface area contributed by atoms with Crippen LogP contribution in [0.4, 0.5) is 0 Å². The summed E-state index contributed by atoms with van der Waals surface area (Å²) < 4.78 is 0. The van der Waals surface area contributed by atoms with Gasteiger partial charge in [0.25, 0.3) is 0 Å². The monoisotopic (exact) mass is 246 g/mol. The number of piperazine rings is 1. The standard InChI is InChI=1S/C15H22N2O/c1-13-5-2-3-6-14(13)15(18)7-4-10-17-11-8-16-9-12-17/h2-3,5-6,16H,4,7-12H2,1H3. The zero-order valence-corrected chi connectivity index (χ0v) is 11.1. The Balaban J connectivity index is 1.76. The van der Waals surface area contributed by atoms with Gasteiger partial charge in [-0.25, -0.2) is 0 Å². The van der Waals surface area contributed by atoms with E-state index in [4.69, 9.17) is 0 Å². The fourth-order valence-electron chi connectivity index (χ4n) is 2.42. The Kier molecular flexibility index (Phi) is 4.90. The van der Waals surface area contributed by atoms with E-state index in [0.29, 0.717) is 6.42 Å². The molecule has 0 saturated carbocycles. The van der Waals surface area contributed by atoms with Gasteiger partial charge in [-0.2, -0.15) is 0 Å². The van der Waals surface area contributed by atoms with E-state index >= 15 is 0 Å². The van der Waals surface area contributed by atoms with Gasteiger partial charge in [0.15, 0.2) is 5.78 Å². The number of aryl methyl sites for hydroxylation is 1. The number of hydrogen-bond donors (Lipinski definition) is 1. The van der Waals surface area contributed by atoms with E-state index in [1.165, 1.54) is 0 Å². The molecular weight excluding hydrogens is 224 g/mol. The summed E-state index contributed by atoms with van der Waals surface area (Å²) in [4.78, 5) is 14.5. The second-order valence-corrected chi connectivity index (χ2v) is 4.93. The predicted molar refractivity (Wildman–Crippen MR) is 74.1 cm³/mol. The maximum absolute atomic E-state index is 12.1. The normalized spacial score (nSPS) is 16.7. The highest BCUT2D eigenvalue weighted by Crippen LogP contribution is 2.11. The average molecular weight is 246 g/mol. The van der Waals surface area contributed by atoms with Gasteiger partial charge >= 0.3 is 0 Å². The number of nitrogens with zero attached hydrogens (tertiary/aromatic N) is 1. The number of hydrogen-bond acceptors (Lipinski definition) is 3. The maximum Gasteiger partial charge on any atom is 0.163 e. The van der Waals surface area contributed by atoms with Crippen LogP contribution in [-0.4, -0.2) is 43.4 Å². The van der Waals surface area contributed by atoms with Crippen LogP contribution in [-0.2, 0) is 0 Å². The summed E-state index contributed by atoms with van der Waals surface area (Å²) in [5.74, 6) is 0.281. The Morgan fingerprint density at radius 2 is 2.00 bits per heavy atom. The van der Waals surface area contributed by atoms with Crippen molar-refractivity contribution in [1.29, 1.82) is 0 Å². The molecule has 1 saturated heterocycles. The first kappa shape index (κ1) is 13.2. The fraction of sp³-hybridized carbons (Fsp3) is 0.533. The quantitative estimate of drug-likeness (QED) is 0.805. The molecule has 1 heterocycles. The second kappa shape index (κ2) is 6.66. The summed E-state index contributed by atoms with van der Waals surface area (Å²) in [6.45, 7) is 7.41. The van der Waals surface area contributed by atoms with Crippen LogP contribution in [0.25, 0.3) is 0 Å². The molecule has 1 aliphatic heterocycles. The average Bonchev–Trinajstić information content (AvgIpc) is 2.40. The van der Waals surface area contributed by atoms with Crippen LogP contribution in [0, 0.1) is 6.92 Å². The van der Waals surface area contributed by atoms with Gasteiger partial charge in [0.05, 0.1) is 0 Å². The lowest BCUT2D eigenvalue weighted by molar-refractivity contribution is 0.0973. The second-order valence-electron chi connectivity index (χ2n) is 4.93. The maximum atomic E-state index is 12.1. The minimum atomic E-state index is 0.281. The summed E-state index contributed by atoms with van der Waals surface area (Å²) in [5, 5.41) is 3.34. The molecule has 3 heteroatoms. The van der Waals surface area contributed by atoms with Crippen molar-refractivity contribution in [3.8, 4) is 0 Å². The van der Waals surface area contributed by atoms with Gasteiger partial charge in [0.1, 0.15) is 0 Å². The van der Waals surface area contributed by atoms with Crippen LogP contribution in [0.3, 0.4) is 0 Å². The first-order chi connectivity index (χ1) is 8.77. The van der Waals surface area contributed by atoms with Gasteiger partial charge in [0.2, 0.25) is 0 Å². The Morgan fingerprint density at radius 3 is 2.72 bits per heavy atom. The molecule has 2 rings (SSSR count).